The lowest BCUT2D eigenvalue weighted by Gasteiger charge is -2.38. The first-order chi connectivity index (χ1) is 29.6. The van der Waals surface area contributed by atoms with E-state index in [2.05, 4.69) is 15.3 Å². The smallest absolute Gasteiger partial charge is 0.326 e. The summed E-state index contributed by atoms with van der Waals surface area (Å²) in [4.78, 5) is 53.8. The Balaban J connectivity index is 1.18. The number of nitrogens with zero attached hydrogens (tertiary/aromatic N) is 7. The molecule has 2 heterocycles. The summed E-state index contributed by atoms with van der Waals surface area (Å²) in [7, 11) is 1.57. The Bertz CT molecular complexity index is 1980. The fourth-order valence-corrected chi connectivity index (χ4v) is 6.87. The van der Waals surface area contributed by atoms with Crippen molar-refractivity contribution in [2.24, 2.45) is 10.1 Å². The van der Waals surface area contributed by atoms with E-state index in [1.165, 1.54) is 9.80 Å². The summed E-state index contributed by atoms with van der Waals surface area (Å²) in [6.07, 6.45) is -0.204. The number of nitrogens with one attached hydrogen (secondary N) is 1. The van der Waals surface area contributed by atoms with Crippen LogP contribution in [0.4, 0.5) is 4.79 Å². The van der Waals surface area contributed by atoms with Gasteiger partial charge in [0.1, 0.15) is 29.9 Å². The second kappa shape index (κ2) is 24.3. The zero-order valence-corrected chi connectivity index (χ0v) is 36.1. The van der Waals surface area contributed by atoms with Crippen molar-refractivity contribution in [1.29, 1.82) is 0 Å². The minimum atomic E-state index is -0.643. The van der Waals surface area contributed by atoms with Crippen LogP contribution in [0.25, 0.3) is 10.4 Å². The van der Waals surface area contributed by atoms with E-state index in [1.54, 1.807) is 48.4 Å². The van der Waals surface area contributed by atoms with Crippen molar-refractivity contribution >= 4 is 46.9 Å². The minimum absolute atomic E-state index is 0.150. The second-order valence-electron chi connectivity index (χ2n) is 14.1. The van der Waals surface area contributed by atoms with Crippen LogP contribution in [0, 0.1) is 0 Å². The van der Waals surface area contributed by atoms with E-state index in [-0.39, 0.29) is 63.8 Å². The van der Waals surface area contributed by atoms with Gasteiger partial charge in [-0.1, -0.05) is 52.6 Å². The molecule has 5 rings (SSSR count). The monoisotopic (exact) mass is 882 g/mol. The maximum atomic E-state index is 14.9. The van der Waals surface area contributed by atoms with Crippen molar-refractivity contribution in [2.45, 2.75) is 32.0 Å². The Morgan fingerprint density at radius 3 is 2.07 bits per heavy atom. The molecule has 1 fully saturated rings. The molecule has 1 saturated heterocycles. The molecule has 17 nitrogen and oxygen atoms in total. The van der Waals surface area contributed by atoms with Gasteiger partial charge in [-0.25, -0.2) is 4.79 Å². The maximum absolute atomic E-state index is 14.9. The van der Waals surface area contributed by atoms with Crippen LogP contribution in [0.1, 0.15) is 42.6 Å². The number of azide groups is 1. The highest BCUT2D eigenvalue weighted by atomic mass is 35.5. The number of benzene rings is 3. The summed E-state index contributed by atoms with van der Waals surface area (Å²) in [5.74, 6) is 0.699. The largest absolute Gasteiger partial charge is 0.497 e. The Morgan fingerprint density at radius 1 is 0.869 bits per heavy atom. The number of hydrogen-bond acceptors (Lipinski definition) is 11. The first-order valence-corrected chi connectivity index (χ1v) is 20.7. The zero-order valence-electron chi connectivity index (χ0n) is 34.5. The lowest BCUT2D eigenvalue weighted by molar-refractivity contribution is -0.139. The third-order valence-electron chi connectivity index (χ3n) is 9.50. The van der Waals surface area contributed by atoms with Gasteiger partial charge in [0, 0.05) is 47.2 Å². The van der Waals surface area contributed by atoms with Gasteiger partial charge in [0.15, 0.2) is 0 Å². The molecule has 0 radical (unpaired) electrons. The molecular formula is C42H52Cl2N8O9. The van der Waals surface area contributed by atoms with Crippen molar-refractivity contribution in [3.63, 3.8) is 0 Å². The van der Waals surface area contributed by atoms with Gasteiger partial charge in [-0.2, -0.15) is 0 Å². The molecular weight excluding hydrogens is 831 g/mol. The van der Waals surface area contributed by atoms with Crippen LogP contribution in [0.2, 0.25) is 10.0 Å². The number of urea groups is 1. The number of rotatable bonds is 23. The summed E-state index contributed by atoms with van der Waals surface area (Å²) in [5, 5.41) is 7.26. The number of amidine groups is 1. The maximum Gasteiger partial charge on any atom is 0.326 e. The Labute approximate surface area is 365 Å². The number of methoxy groups -OCH3 is 1. The van der Waals surface area contributed by atoms with Gasteiger partial charge in [0.2, 0.25) is 11.8 Å². The summed E-state index contributed by atoms with van der Waals surface area (Å²) in [6, 6.07) is 18.3. The number of carbonyl (C=O) groups is 3. The SMILES string of the molecule is COc1ccc(C2=N[C@H](c3ccc(Cl)cc3)[C@H](c3ccc(Cl)cc3)N2C(=O)N2CCN(CC(=O)NCCOCCOCCOCCOCCN=[N+]=[N-])C(=O)C2)c(OC(C)C)c1. The van der Waals surface area contributed by atoms with Crippen LogP contribution in [-0.4, -0.2) is 144 Å². The minimum Gasteiger partial charge on any atom is -0.497 e. The molecule has 3 aromatic carbocycles. The topological polar surface area (TPSA) is 189 Å². The van der Waals surface area contributed by atoms with E-state index in [4.69, 9.17) is 62.1 Å². The van der Waals surface area contributed by atoms with Crippen LogP contribution in [0.3, 0.4) is 0 Å². The van der Waals surface area contributed by atoms with Crippen molar-refractivity contribution in [3.05, 3.63) is 104 Å². The molecule has 0 bridgehead atoms. The molecule has 4 amide bonds. The second-order valence-corrected chi connectivity index (χ2v) is 15.0. The molecule has 328 valence electrons. The molecule has 0 aromatic heterocycles. The molecule has 0 spiro atoms. The molecule has 19 heteroatoms. The number of piperazine rings is 1. The normalized spacial score (nSPS) is 16.4. The number of aliphatic imine (C=N–C) groups is 1. The Morgan fingerprint density at radius 2 is 1.48 bits per heavy atom. The van der Waals surface area contributed by atoms with Crippen molar-refractivity contribution in [3.8, 4) is 11.5 Å². The van der Waals surface area contributed by atoms with Gasteiger partial charge in [-0.05, 0) is 66.9 Å². The van der Waals surface area contributed by atoms with Gasteiger partial charge in [0.25, 0.3) is 0 Å². The van der Waals surface area contributed by atoms with E-state index in [9.17, 15) is 14.4 Å². The summed E-state index contributed by atoms with van der Waals surface area (Å²) in [5.41, 5.74) is 10.4. The highest BCUT2D eigenvalue weighted by Crippen LogP contribution is 2.46. The van der Waals surface area contributed by atoms with Gasteiger partial charge in [0.05, 0.1) is 84.2 Å². The predicted octanol–water partition coefficient (Wildman–Crippen LogP) is 6.09. The van der Waals surface area contributed by atoms with Crippen LogP contribution in [0.15, 0.2) is 76.8 Å². The lowest BCUT2D eigenvalue weighted by Crippen LogP contribution is -2.57. The van der Waals surface area contributed by atoms with Gasteiger partial charge < -0.3 is 43.5 Å². The van der Waals surface area contributed by atoms with Crippen LogP contribution in [-0.2, 0) is 28.5 Å². The van der Waals surface area contributed by atoms with Gasteiger partial charge >= 0.3 is 6.03 Å². The number of hydrogen-bond donors (Lipinski definition) is 1. The highest BCUT2D eigenvalue weighted by molar-refractivity contribution is 6.30. The molecule has 0 aliphatic carbocycles. The first-order valence-electron chi connectivity index (χ1n) is 20.0. The molecule has 0 saturated carbocycles. The van der Waals surface area contributed by atoms with E-state index >= 15 is 0 Å². The fraction of sp³-hybridized carbons (Fsp3) is 0.476. The molecule has 61 heavy (non-hydrogen) atoms. The molecule has 2 aliphatic rings. The van der Waals surface area contributed by atoms with Crippen molar-refractivity contribution in [2.75, 3.05) is 99.2 Å². The standard InChI is InChI=1S/C42H52Cl2N8O9/c1-29(2)61-36-26-34(56-3)12-13-35(36)41-48-39(30-4-8-32(43)9-5-30)40(31-6-10-33(44)11-7-31)52(41)42(55)51-17-16-50(38(54)28-51)27-37(53)46-14-18-57-20-22-59-24-25-60-23-21-58-19-15-47-49-45/h4-13,26,29,39-40H,14-25,27-28H2,1-3H3,(H,46,53)/t39-,40+/m1/s1. The molecule has 3 aromatic rings. The van der Waals surface area contributed by atoms with E-state index in [0.29, 0.717) is 79.2 Å². The zero-order chi connectivity index (χ0) is 43.6. The number of carbonyl (C=O) groups excluding carboxylic acids is 3. The molecule has 0 unspecified atom stereocenters. The van der Waals surface area contributed by atoms with E-state index in [0.717, 1.165) is 11.1 Å². The molecule has 2 atom stereocenters. The first kappa shape index (κ1) is 46.9. The predicted molar refractivity (Wildman–Crippen MR) is 229 cm³/mol. The number of halogens is 2. The van der Waals surface area contributed by atoms with Crippen LogP contribution in [0.5, 0.6) is 11.5 Å². The van der Waals surface area contributed by atoms with Crippen LogP contribution < -0.4 is 14.8 Å². The third kappa shape index (κ3) is 13.9. The van der Waals surface area contributed by atoms with E-state index < -0.39 is 18.1 Å². The summed E-state index contributed by atoms with van der Waals surface area (Å²) >= 11 is 12.6. The van der Waals surface area contributed by atoms with Crippen molar-refractivity contribution in [1.82, 2.24) is 20.0 Å². The summed E-state index contributed by atoms with van der Waals surface area (Å²) < 4.78 is 33.4. The van der Waals surface area contributed by atoms with E-state index in [1.807, 2.05) is 44.2 Å². The lowest BCUT2D eigenvalue weighted by atomic mass is 9.93. The average Bonchev–Trinajstić information content (AvgIpc) is 3.64. The van der Waals surface area contributed by atoms with Crippen LogP contribution >= 0.6 is 23.2 Å². The van der Waals surface area contributed by atoms with Gasteiger partial charge in [-0.15, -0.1) is 0 Å². The highest BCUT2D eigenvalue weighted by Gasteiger charge is 2.45. The number of amides is 4. The Hall–Kier alpha value is -5.13. The third-order valence-corrected chi connectivity index (χ3v) is 10.00. The fourth-order valence-electron chi connectivity index (χ4n) is 6.62. The Kier molecular flexibility index (Phi) is 18.7. The quantitative estimate of drug-likeness (QED) is 0.0509. The average molecular weight is 884 g/mol. The molecule has 2 aliphatic heterocycles. The van der Waals surface area contributed by atoms with Gasteiger partial charge in [-0.3, -0.25) is 19.5 Å². The summed E-state index contributed by atoms with van der Waals surface area (Å²) in [6.45, 7) is 7.18. The number of ether oxygens (including phenoxy) is 6. The van der Waals surface area contributed by atoms with Crippen molar-refractivity contribution < 1.29 is 42.8 Å². The molecule has 1 N–H and O–H groups in total.